The smallest absolute Gasteiger partial charge is 0.251 e. The average molecular weight is 298 g/mol. The van der Waals surface area contributed by atoms with Gasteiger partial charge in [0.15, 0.2) is 0 Å². The number of carbonyl (C=O) groups excluding carboxylic acids is 1. The minimum absolute atomic E-state index is 0.0123. The number of hydrogen-bond acceptors (Lipinski definition) is 2. The first-order valence-electron chi connectivity index (χ1n) is 7.90. The van der Waals surface area contributed by atoms with Gasteiger partial charge >= 0.3 is 0 Å². The van der Waals surface area contributed by atoms with Crippen molar-refractivity contribution < 1.29 is 4.79 Å². The van der Waals surface area contributed by atoms with Gasteiger partial charge in [-0.15, -0.1) is 0 Å². The Morgan fingerprint density at radius 2 is 1.77 bits per heavy atom. The predicted molar refractivity (Wildman–Crippen MR) is 93.2 cm³/mol. The maximum Gasteiger partial charge on any atom is 0.251 e. The van der Waals surface area contributed by atoms with Crippen LogP contribution in [0.1, 0.15) is 30.6 Å². The molecule has 22 heavy (non-hydrogen) atoms. The first-order valence-corrected chi connectivity index (χ1v) is 7.90. The second-order valence-corrected chi connectivity index (χ2v) is 6.62. The number of benzene rings is 2. The summed E-state index contributed by atoms with van der Waals surface area (Å²) in [6.07, 6.45) is 0.984. The quantitative estimate of drug-likeness (QED) is 0.884. The van der Waals surface area contributed by atoms with Crippen LogP contribution >= 0.6 is 0 Å². The summed E-state index contributed by atoms with van der Waals surface area (Å²) in [4.78, 5) is 14.7. The van der Waals surface area contributed by atoms with Gasteiger partial charge in [0.05, 0.1) is 0 Å². The van der Waals surface area contributed by atoms with Gasteiger partial charge in [-0.05, 0) is 49.3 Å². The van der Waals surface area contributed by atoms with Gasteiger partial charge in [-0.3, -0.25) is 4.79 Å². The van der Waals surface area contributed by atoms with Crippen molar-refractivity contribution in [3.05, 3.63) is 48.0 Å². The molecule has 1 atom stereocenters. The highest BCUT2D eigenvalue weighted by Gasteiger charge is 2.16. The van der Waals surface area contributed by atoms with Crippen LogP contribution in [0.3, 0.4) is 0 Å². The third kappa shape index (κ3) is 4.57. The minimum Gasteiger partial charge on any atom is -0.348 e. The molecular weight excluding hydrogens is 272 g/mol. The van der Waals surface area contributed by atoms with Crippen LogP contribution in [0.25, 0.3) is 10.8 Å². The highest BCUT2D eigenvalue weighted by atomic mass is 16.1. The van der Waals surface area contributed by atoms with Gasteiger partial charge in [0.1, 0.15) is 0 Å². The summed E-state index contributed by atoms with van der Waals surface area (Å²) in [6, 6.07) is 14.2. The summed E-state index contributed by atoms with van der Waals surface area (Å²) >= 11 is 0. The summed E-state index contributed by atoms with van der Waals surface area (Å²) in [6.45, 7) is 5.23. The fourth-order valence-electron chi connectivity index (χ4n) is 2.79. The van der Waals surface area contributed by atoms with Crippen LogP contribution in [-0.2, 0) is 0 Å². The Morgan fingerprint density at radius 3 is 2.41 bits per heavy atom. The van der Waals surface area contributed by atoms with Gasteiger partial charge in [-0.25, -0.2) is 0 Å². The third-order valence-corrected chi connectivity index (χ3v) is 3.69. The van der Waals surface area contributed by atoms with Gasteiger partial charge in [-0.1, -0.05) is 44.2 Å². The van der Waals surface area contributed by atoms with E-state index in [0.29, 0.717) is 5.92 Å². The van der Waals surface area contributed by atoms with E-state index in [9.17, 15) is 4.79 Å². The fraction of sp³-hybridized carbons (Fsp3) is 0.421. The molecule has 0 unspecified atom stereocenters. The summed E-state index contributed by atoms with van der Waals surface area (Å²) in [7, 11) is 4.07. The molecule has 0 fully saturated rings. The molecule has 1 N–H and O–H groups in total. The largest absolute Gasteiger partial charge is 0.348 e. The van der Waals surface area contributed by atoms with Gasteiger partial charge in [0.2, 0.25) is 0 Å². The number of likely N-dealkylation sites (N-methyl/N-ethyl adjacent to an activating group) is 1. The Labute approximate surface area is 133 Å². The van der Waals surface area contributed by atoms with Crippen LogP contribution in [0, 0.1) is 5.92 Å². The molecule has 3 heteroatoms. The highest BCUT2D eigenvalue weighted by Crippen LogP contribution is 2.16. The molecule has 0 bridgehead atoms. The van der Waals surface area contributed by atoms with E-state index < -0.39 is 0 Å². The van der Waals surface area contributed by atoms with Gasteiger partial charge < -0.3 is 10.2 Å². The molecule has 0 aliphatic heterocycles. The first kappa shape index (κ1) is 16.5. The van der Waals surface area contributed by atoms with Gasteiger partial charge in [-0.2, -0.15) is 0 Å². The number of rotatable bonds is 6. The Balaban J connectivity index is 2.13. The monoisotopic (exact) mass is 298 g/mol. The SMILES string of the molecule is CC(C)C[C@H](CN(C)C)NC(=O)c1ccc2ccccc2c1. The molecule has 0 heterocycles. The molecule has 3 nitrogen and oxygen atoms in total. The third-order valence-electron chi connectivity index (χ3n) is 3.69. The van der Waals surface area contributed by atoms with Gasteiger partial charge in [0.25, 0.3) is 5.91 Å². The summed E-state index contributed by atoms with van der Waals surface area (Å²) in [5.41, 5.74) is 0.728. The number of amides is 1. The van der Waals surface area contributed by atoms with Crippen molar-refractivity contribution in [3.63, 3.8) is 0 Å². The van der Waals surface area contributed by atoms with Crippen LogP contribution in [-0.4, -0.2) is 37.5 Å². The number of hydrogen-bond donors (Lipinski definition) is 1. The number of nitrogens with zero attached hydrogens (tertiary/aromatic N) is 1. The molecule has 0 aliphatic rings. The lowest BCUT2D eigenvalue weighted by atomic mass is 10.0. The van der Waals surface area contributed by atoms with E-state index in [1.165, 1.54) is 0 Å². The molecular formula is C19H26N2O. The normalized spacial score (nSPS) is 12.8. The van der Waals surface area contributed by atoms with Gasteiger partial charge in [0, 0.05) is 18.2 Å². The first-order chi connectivity index (χ1) is 10.5. The predicted octanol–water partition coefficient (Wildman–Crippen LogP) is 3.55. The van der Waals surface area contributed by atoms with E-state index in [0.717, 1.165) is 29.3 Å². The molecule has 0 radical (unpaired) electrons. The lowest BCUT2D eigenvalue weighted by Crippen LogP contribution is -2.42. The average Bonchev–Trinajstić information content (AvgIpc) is 2.45. The van der Waals surface area contributed by atoms with E-state index >= 15 is 0 Å². The van der Waals surface area contributed by atoms with Crippen LogP contribution in [0.4, 0.5) is 0 Å². The highest BCUT2D eigenvalue weighted by molar-refractivity contribution is 5.98. The lowest BCUT2D eigenvalue weighted by Gasteiger charge is -2.24. The molecule has 0 aromatic heterocycles. The number of carbonyl (C=O) groups is 1. The maximum atomic E-state index is 12.5. The van der Waals surface area contributed by atoms with Crippen molar-refractivity contribution in [2.45, 2.75) is 26.3 Å². The molecule has 0 saturated carbocycles. The standard InChI is InChI=1S/C19H26N2O/c1-14(2)11-18(13-21(3)4)20-19(22)17-10-9-15-7-5-6-8-16(15)12-17/h5-10,12,14,18H,11,13H2,1-4H3,(H,20,22)/t18-/m1/s1. The van der Waals surface area contributed by atoms with Crippen molar-refractivity contribution in [2.75, 3.05) is 20.6 Å². The molecule has 118 valence electrons. The van der Waals surface area contributed by atoms with Crippen LogP contribution in [0.15, 0.2) is 42.5 Å². The van der Waals surface area contributed by atoms with Crippen molar-refractivity contribution in [1.82, 2.24) is 10.2 Å². The zero-order valence-corrected chi connectivity index (χ0v) is 14.0. The Hall–Kier alpha value is -1.87. The second kappa shape index (κ2) is 7.41. The molecule has 0 spiro atoms. The van der Waals surface area contributed by atoms with Crippen molar-refractivity contribution in [1.29, 1.82) is 0 Å². The van der Waals surface area contributed by atoms with Crippen molar-refractivity contribution in [3.8, 4) is 0 Å². The summed E-state index contributed by atoms with van der Waals surface area (Å²) in [5, 5.41) is 5.44. The number of fused-ring (bicyclic) bond motifs is 1. The number of nitrogens with one attached hydrogen (secondary N) is 1. The molecule has 0 aliphatic carbocycles. The van der Waals surface area contributed by atoms with Crippen LogP contribution in [0.2, 0.25) is 0 Å². The van der Waals surface area contributed by atoms with Crippen molar-refractivity contribution in [2.24, 2.45) is 5.92 Å². The van der Waals surface area contributed by atoms with E-state index in [4.69, 9.17) is 0 Å². The van der Waals surface area contributed by atoms with Crippen LogP contribution in [0.5, 0.6) is 0 Å². The Bertz CT molecular complexity index is 624. The summed E-state index contributed by atoms with van der Waals surface area (Å²) in [5.74, 6) is 0.570. The Morgan fingerprint density at radius 1 is 1.09 bits per heavy atom. The Kier molecular flexibility index (Phi) is 5.56. The lowest BCUT2D eigenvalue weighted by molar-refractivity contribution is 0.0924. The zero-order valence-electron chi connectivity index (χ0n) is 14.0. The molecule has 2 rings (SSSR count). The molecule has 2 aromatic carbocycles. The van der Waals surface area contributed by atoms with E-state index in [1.807, 2.05) is 50.5 Å². The molecule has 1 amide bonds. The van der Waals surface area contributed by atoms with E-state index in [1.54, 1.807) is 0 Å². The zero-order chi connectivity index (χ0) is 16.1. The minimum atomic E-state index is 0.0123. The van der Waals surface area contributed by atoms with E-state index in [-0.39, 0.29) is 11.9 Å². The molecule has 0 saturated heterocycles. The maximum absolute atomic E-state index is 12.5. The van der Waals surface area contributed by atoms with E-state index in [2.05, 4.69) is 30.1 Å². The van der Waals surface area contributed by atoms with Crippen LogP contribution < -0.4 is 5.32 Å². The summed E-state index contributed by atoms with van der Waals surface area (Å²) < 4.78 is 0. The van der Waals surface area contributed by atoms with Crippen molar-refractivity contribution >= 4 is 16.7 Å². The topological polar surface area (TPSA) is 32.3 Å². The molecule has 2 aromatic rings. The second-order valence-electron chi connectivity index (χ2n) is 6.62. The fourth-order valence-corrected chi connectivity index (χ4v) is 2.79.